The minimum atomic E-state index is -1.05. The maximum Gasteiger partial charge on any atom is 0.335 e. The number of carboxylic acids is 1. The van der Waals surface area contributed by atoms with Crippen molar-refractivity contribution in [3.63, 3.8) is 0 Å². The standard InChI is InChI=1S/C18H15FN2O4/c19-13-3-7-15(8-4-13)21-10-12(9-16(21)22)17(23)20-14-5-1-11(2-6-14)18(24)25/h1-8,12H,9-10H2,(H,20,23)(H,24,25)/t12-/m0/s1. The van der Waals surface area contributed by atoms with Gasteiger partial charge in [-0.25, -0.2) is 9.18 Å². The van der Waals surface area contributed by atoms with Crippen molar-refractivity contribution in [2.24, 2.45) is 5.92 Å². The third-order valence-electron chi connectivity index (χ3n) is 4.03. The fourth-order valence-electron chi connectivity index (χ4n) is 2.69. The first-order valence-electron chi connectivity index (χ1n) is 7.64. The Morgan fingerprint density at radius 1 is 1.08 bits per heavy atom. The summed E-state index contributed by atoms with van der Waals surface area (Å²) < 4.78 is 13.0. The van der Waals surface area contributed by atoms with Crippen LogP contribution in [0.4, 0.5) is 15.8 Å². The second-order valence-corrected chi connectivity index (χ2v) is 5.75. The molecule has 0 aromatic heterocycles. The second-order valence-electron chi connectivity index (χ2n) is 5.75. The Hall–Kier alpha value is -3.22. The van der Waals surface area contributed by atoms with Crippen LogP contribution in [0.15, 0.2) is 48.5 Å². The molecule has 1 atom stereocenters. The van der Waals surface area contributed by atoms with Gasteiger partial charge in [0.05, 0.1) is 11.5 Å². The molecule has 1 fully saturated rings. The minimum absolute atomic E-state index is 0.0659. The molecule has 1 heterocycles. The van der Waals surface area contributed by atoms with Gasteiger partial charge in [0.15, 0.2) is 0 Å². The van der Waals surface area contributed by atoms with Crippen molar-refractivity contribution in [1.82, 2.24) is 0 Å². The summed E-state index contributed by atoms with van der Waals surface area (Å²) in [4.78, 5) is 36.8. The van der Waals surface area contributed by atoms with E-state index in [4.69, 9.17) is 5.11 Å². The number of rotatable bonds is 4. The Bertz CT molecular complexity index is 818. The molecule has 2 aromatic rings. The molecule has 6 nitrogen and oxygen atoms in total. The van der Waals surface area contributed by atoms with Crippen molar-refractivity contribution < 1.29 is 23.9 Å². The van der Waals surface area contributed by atoms with Crippen LogP contribution < -0.4 is 10.2 Å². The van der Waals surface area contributed by atoms with Crippen LogP contribution >= 0.6 is 0 Å². The smallest absolute Gasteiger partial charge is 0.335 e. The lowest BCUT2D eigenvalue weighted by molar-refractivity contribution is -0.122. The van der Waals surface area contributed by atoms with Gasteiger partial charge in [0, 0.05) is 24.3 Å². The number of nitrogens with zero attached hydrogens (tertiary/aromatic N) is 1. The number of aromatic carboxylic acids is 1. The van der Waals surface area contributed by atoms with Crippen LogP contribution in [0.3, 0.4) is 0 Å². The highest BCUT2D eigenvalue weighted by atomic mass is 19.1. The molecule has 2 N–H and O–H groups in total. The van der Waals surface area contributed by atoms with E-state index in [9.17, 15) is 18.8 Å². The lowest BCUT2D eigenvalue weighted by atomic mass is 10.1. The van der Waals surface area contributed by atoms with Crippen molar-refractivity contribution in [3.05, 3.63) is 59.9 Å². The van der Waals surface area contributed by atoms with Gasteiger partial charge in [-0.1, -0.05) is 0 Å². The highest BCUT2D eigenvalue weighted by Gasteiger charge is 2.35. The van der Waals surface area contributed by atoms with E-state index in [2.05, 4.69) is 5.32 Å². The first-order valence-corrected chi connectivity index (χ1v) is 7.64. The summed E-state index contributed by atoms with van der Waals surface area (Å²) in [5.41, 5.74) is 1.13. The first kappa shape index (κ1) is 16.6. The molecule has 0 unspecified atom stereocenters. The minimum Gasteiger partial charge on any atom is -0.478 e. The predicted molar refractivity (Wildman–Crippen MR) is 88.9 cm³/mol. The molecule has 3 rings (SSSR count). The zero-order valence-corrected chi connectivity index (χ0v) is 13.1. The van der Waals surface area contributed by atoms with Gasteiger partial charge in [-0.3, -0.25) is 9.59 Å². The summed E-state index contributed by atoms with van der Waals surface area (Å²) >= 11 is 0. The number of halogens is 1. The van der Waals surface area contributed by atoms with E-state index in [1.807, 2.05) is 0 Å². The summed E-state index contributed by atoms with van der Waals surface area (Å²) in [7, 11) is 0. The number of carbonyl (C=O) groups is 3. The van der Waals surface area contributed by atoms with Crippen LogP contribution in [-0.2, 0) is 9.59 Å². The van der Waals surface area contributed by atoms with Crippen LogP contribution in [0, 0.1) is 11.7 Å². The monoisotopic (exact) mass is 342 g/mol. The van der Waals surface area contributed by atoms with Gasteiger partial charge in [0.1, 0.15) is 5.82 Å². The van der Waals surface area contributed by atoms with Crippen LogP contribution in [0.2, 0.25) is 0 Å². The van der Waals surface area contributed by atoms with E-state index in [0.717, 1.165) is 0 Å². The molecule has 128 valence electrons. The summed E-state index contributed by atoms with van der Waals surface area (Å²) in [6, 6.07) is 11.3. The number of anilines is 2. The maximum atomic E-state index is 13.0. The third-order valence-corrected chi connectivity index (χ3v) is 4.03. The van der Waals surface area contributed by atoms with Gasteiger partial charge in [-0.15, -0.1) is 0 Å². The zero-order chi connectivity index (χ0) is 18.0. The normalized spacial score (nSPS) is 16.8. The van der Waals surface area contributed by atoms with Gasteiger partial charge >= 0.3 is 5.97 Å². The lowest BCUT2D eigenvalue weighted by Crippen LogP contribution is -2.28. The van der Waals surface area contributed by atoms with E-state index in [1.54, 1.807) is 0 Å². The predicted octanol–water partition coefficient (Wildman–Crippen LogP) is 2.52. The van der Waals surface area contributed by atoms with Gasteiger partial charge in [0.2, 0.25) is 11.8 Å². The van der Waals surface area contributed by atoms with Crippen molar-refractivity contribution in [2.45, 2.75) is 6.42 Å². The van der Waals surface area contributed by atoms with Crippen molar-refractivity contribution in [2.75, 3.05) is 16.8 Å². The Morgan fingerprint density at radius 2 is 1.72 bits per heavy atom. The highest BCUT2D eigenvalue weighted by Crippen LogP contribution is 2.26. The average molecular weight is 342 g/mol. The molecule has 2 aromatic carbocycles. The largest absolute Gasteiger partial charge is 0.478 e. The van der Waals surface area contributed by atoms with E-state index < -0.39 is 17.7 Å². The summed E-state index contributed by atoms with van der Waals surface area (Å²) in [6.45, 7) is 0.212. The Kier molecular flexibility index (Phi) is 4.47. The topological polar surface area (TPSA) is 86.7 Å². The average Bonchev–Trinajstić information content (AvgIpc) is 2.98. The molecule has 0 spiro atoms. The Labute approximate surface area is 142 Å². The van der Waals surface area contributed by atoms with E-state index in [-0.39, 0.29) is 30.3 Å². The molecule has 2 amide bonds. The molecule has 0 saturated carbocycles. The number of hydrogen-bond donors (Lipinski definition) is 2. The number of benzene rings is 2. The fraction of sp³-hybridized carbons (Fsp3) is 0.167. The van der Waals surface area contributed by atoms with Crippen LogP contribution in [0.1, 0.15) is 16.8 Å². The van der Waals surface area contributed by atoms with Crippen molar-refractivity contribution >= 4 is 29.2 Å². The number of carboxylic acid groups (broad SMARTS) is 1. The molecule has 0 radical (unpaired) electrons. The number of hydrogen-bond acceptors (Lipinski definition) is 3. The van der Waals surface area contributed by atoms with Crippen LogP contribution in [0.25, 0.3) is 0 Å². The second kappa shape index (κ2) is 6.72. The van der Waals surface area contributed by atoms with Crippen LogP contribution in [0.5, 0.6) is 0 Å². The van der Waals surface area contributed by atoms with Crippen LogP contribution in [-0.4, -0.2) is 29.4 Å². The maximum absolute atomic E-state index is 13.0. The molecule has 1 aliphatic heterocycles. The summed E-state index contributed by atoms with van der Waals surface area (Å²) in [6.07, 6.45) is 0.0659. The number of carbonyl (C=O) groups excluding carboxylic acids is 2. The van der Waals surface area contributed by atoms with E-state index in [0.29, 0.717) is 11.4 Å². The quantitative estimate of drug-likeness (QED) is 0.894. The molecule has 1 aliphatic rings. The Balaban J connectivity index is 1.66. The van der Waals surface area contributed by atoms with Gasteiger partial charge in [-0.05, 0) is 48.5 Å². The summed E-state index contributed by atoms with van der Waals surface area (Å²) in [5, 5.41) is 11.5. The number of amides is 2. The highest BCUT2D eigenvalue weighted by molar-refractivity contribution is 6.03. The van der Waals surface area contributed by atoms with Gasteiger partial charge < -0.3 is 15.3 Å². The number of nitrogens with one attached hydrogen (secondary N) is 1. The van der Waals surface area contributed by atoms with E-state index in [1.165, 1.54) is 53.4 Å². The summed E-state index contributed by atoms with van der Waals surface area (Å²) in [5.74, 6) is -2.49. The molecular weight excluding hydrogens is 327 g/mol. The molecule has 25 heavy (non-hydrogen) atoms. The molecule has 0 bridgehead atoms. The zero-order valence-electron chi connectivity index (χ0n) is 13.1. The fourth-order valence-corrected chi connectivity index (χ4v) is 2.69. The first-order chi connectivity index (χ1) is 11.9. The van der Waals surface area contributed by atoms with Gasteiger partial charge in [0.25, 0.3) is 0 Å². The SMILES string of the molecule is O=C(O)c1ccc(NC(=O)[C@H]2CC(=O)N(c3ccc(F)cc3)C2)cc1. The third kappa shape index (κ3) is 3.65. The van der Waals surface area contributed by atoms with Gasteiger partial charge in [-0.2, -0.15) is 0 Å². The van der Waals surface area contributed by atoms with E-state index >= 15 is 0 Å². The van der Waals surface area contributed by atoms with Crippen molar-refractivity contribution in [1.29, 1.82) is 0 Å². The molecular formula is C18H15FN2O4. The van der Waals surface area contributed by atoms with Crippen molar-refractivity contribution in [3.8, 4) is 0 Å². The molecule has 7 heteroatoms. The molecule has 0 aliphatic carbocycles. The Morgan fingerprint density at radius 3 is 2.32 bits per heavy atom. The molecule has 1 saturated heterocycles. The lowest BCUT2D eigenvalue weighted by Gasteiger charge is -2.16.